The second-order valence-corrected chi connectivity index (χ2v) is 3.93. The first-order valence-electron chi connectivity index (χ1n) is 4.38. The summed E-state index contributed by atoms with van der Waals surface area (Å²) in [5, 5.41) is 4.32. The lowest BCUT2D eigenvalue weighted by Gasteiger charge is -1.96. The van der Waals surface area contributed by atoms with Gasteiger partial charge in [0.1, 0.15) is 0 Å². The van der Waals surface area contributed by atoms with Gasteiger partial charge >= 0.3 is 0 Å². The molecule has 0 unspecified atom stereocenters. The average Bonchev–Trinajstić information content (AvgIpc) is 2.58. The second-order valence-electron chi connectivity index (χ2n) is 2.99. The van der Waals surface area contributed by atoms with Crippen molar-refractivity contribution >= 4 is 29.2 Å². The Balaban J connectivity index is 2.48. The van der Waals surface area contributed by atoms with E-state index in [1.165, 1.54) is 6.08 Å². The topological polar surface area (TPSA) is 72.2 Å². The largest absolute Gasteiger partial charge is 0.368 e. The molecule has 1 heterocycles. The Bertz CT molecular complexity index is 396. The van der Waals surface area contributed by atoms with Crippen LogP contribution < -0.4 is 11.1 Å². The van der Waals surface area contributed by atoms with E-state index in [2.05, 4.69) is 5.32 Å². The number of hydrogen-bond acceptors (Lipinski definition) is 3. The molecule has 3 N–H and O–H groups in total. The van der Waals surface area contributed by atoms with Crippen molar-refractivity contribution < 1.29 is 9.59 Å². The highest BCUT2D eigenvalue weighted by molar-refractivity contribution is 7.11. The van der Waals surface area contributed by atoms with Gasteiger partial charge in [0.25, 0.3) is 0 Å². The van der Waals surface area contributed by atoms with E-state index in [9.17, 15) is 9.59 Å². The number of carbonyl (C=O) groups is 2. The minimum absolute atomic E-state index is 0.132. The summed E-state index contributed by atoms with van der Waals surface area (Å²) in [6.45, 7) is 1.84. The van der Waals surface area contributed by atoms with Crippen molar-refractivity contribution in [3.8, 4) is 0 Å². The average molecular weight is 224 g/mol. The summed E-state index contributed by atoms with van der Waals surface area (Å²) in [6, 6.07) is 1.98. The monoisotopic (exact) mass is 224 g/mol. The fraction of sp³-hybridized carbons (Fsp3) is 0.200. The Labute approximate surface area is 91.8 Å². The predicted molar refractivity (Wildman–Crippen MR) is 60.3 cm³/mol. The normalized spacial score (nSPS) is 10.5. The van der Waals surface area contributed by atoms with Gasteiger partial charge in [-0.25, -0.2) is 0 Å². The van der Waals surface area contributed by atoms with E-state index >= 15 is 0 Å². The Kier molecular flexibility index (Phi) is 4.05. The summed E-state index contributed by atoms with van der Waals surface area (Å²) in [4.78, 5) is 22.6. The predicted octanol–water partition coefficient (Wildman–Crippen LogP) is 0.671. The number of nitrogens with one attached hydrogen (secondary N) is 1. The Morgan fingerprint density at radius 2 is 2.33 bits per heavy atom. The maximum Gasteiger partial charge on any atom is 0.244 e. The highest BCUT2D eigenvalue weighted by atomic mass is 32.1. The molecule has 1 rings (SSSR count). The van der Waals surface area contributed by atoms with Gasteiger partial charge in [0.05, 0.1) is 6.54 Å². The van der Waals surface area contributed by atoms with E-state index in [0.717, 1.165) is 10.4 Å². The molecule has 0 atom stereocenters. The van der Waals surface area contributed by atoms with Gasteiger partial charge in [0.15, 0.2) is 0 Å². The van der Waals surface area contributed by atoms with Gasteiger partial charge < -0.3 is 11.1 Å². The number of carbonyl (C=O) groups excluding carboxylic acids is 2. The van der Waals surface area contributed by atoms with Gasteiger partial charge in [0.2, 0.25) is 11.8 Å². The summed E-state index contributed by atoms with van der Waals surface area (Å²) in [5.74, 6) is -0.870. The quantitative estimate of drug-likeness (QED) is 0.738. The lowest BCUT2D eigenvalue weighted by atomic mass is 10.3. The standard InChI is InChI=1S/C10H12N2O2S/c1-7-4-5-15-8(7)2-3-10(14)12-6-9(11)13/h2-5H,6H2,1H3,(H2,11,13)(H,12,14)/b3-2+. The van der Waals surface area contributed by atoms with E-state index < -0.39 is 5.91 Å². The van der Waals surface area contributed by atoms with Crippen LogP contribution in [0.2, 0.25) is 0 Å². The number of hydrogen-bond donors (Lipinski definition) is 2. The summed E-state index contributed by atoms with van der Waals surface area (Å²) in [6.07, 6.45) is 3.11. The molecule has 0 bridgehead atoms. The molecule has 80 valence electrons. The van der Waals surface area contributed by atoms with Crippen molar-refractivity contribution in [2.45, 2.75) is 6.92 Å². The Hall–Kier alpha value is -1.62. The molecule has 0 spiro atoms. The van der Waals surface area contributed by atoms with Crippen molar-refractivity contribution in [3.63, 3.8) is 0 Å². The van der Waals surface area contributed by atoms with Crippen LogP contribution in [0, 0.1) is 6.92 Å². The molecule has 15 heavy (non-hydrogen) atoms. The molecule has 0 aromatic carbocycles. The summed E-state index contributed by atoms with van der Waals surface area (Å²) >= 11 is 1.56. The molecule has 5 heteroatoms. The third kappa shape index (κ3) is 3.95. The molecule has 1 aromatic rings. The van der Waals surface area contributed by atoms with Crippen molar-refractivity contribution in [1.29, 1.82) is 0 Å². The third-order valence-corrected chi connectivity index (χ3v) is 2.71. The van der Waals surface area contributed by atoms with Gasteiger partial charge in [-0.15, -0.1) is 11.3 Å². The third-order valence-electron chi connectivity index (χ3n) is 1.72. The zero-order valence-corrected chi connectivity index (χ0v) is 9.14. The van der Waals surface area contributed by atoms with Crippen LogP contribution in [-0.4, -0.2) is 18.4 Å². The van der Waals surface area contributed by atoms with Crippen molar-refractivity contribution in [2.24, 2.45) is 5.73 Å². The van der Waals surface area contributed by atoms with Crippen molar-refractivity contribution in [1.82, 2.24) is 5.32 Å². The number of amides is 2. The van der Waals surface area contributed by atoms with Crippen LogP contribution >= 0.6 is 11.3 Å². The molecular weight excluding hydrogens is 212 g/mol. The van der Waals surface area contributed by atoms with Gasteiger partial charge in [-0.05, 0) is 30.0 Å². The van der Waals surface area contributed by atoms with Crippen molar-refractivity contribution in [2.75, 3.05) is 6.54 Å². The van der Waals surface area contributed by atoms with E-state index in [0.29, 0.717) is 0 Å². The molecule has 0 fully saturated rings. The molecule has 0 saturated heterocycles. The highest BCUT2D eigenvalue weighted by Crippen LogP contribution is 2.16. The smallest absolute Gasteiger partial charge is 0.244 e. The molecule has 0 aliphatic heterocycles. The minimum Gasteiger partial charge on any atom is -0.368 e. The van der Waals surface area contributed by atoms with Crippen LogP contribution in [0.4, 0.5) is 0 Å². The van der Waals surface area contributed by atoms with Gasteiger partial charge in [-0.2, -0.15) is 0 Å². The SMILES string of the molecule is Cc1ccsc1/C=C/C(=O)NCC(N)=O. The van der Waals surface area contributed by atoms with E-state index in [1.54, 1.807) is 17.4 Å². The van der Waals surface area contributed by atoms with Crippen LogP contribution in [0.25, 0.3) is 6.08 Å². The zero-order chi connectivity index (χ0) is 11.3. The highest BCUT2D eigenvalue weighted by Gasteiger charge is 1.99. The van der Waals surface area contributed by atoms with Crippen LogP contribution in [0.15, 0.2) is 17.5 Å². The lowest BCUT2D eigenvalue weighted by Crippen LogP contribution is -2.32. The number of nitrogens with two attached hydrogens (primary N) is 1. The van der Waals surface area contributed by atoms with Gasteiger partial charge in [0, 0.05) is 11.0 Å². The number of aryl methyl sites for hydroxylation is 1. The summed E-state index contributed by atoms with van der Waals surface area (Å²) in [7, 11) is 0. The maximum absolute atomic E-state index is 11.2. The Morgan fingerprint density at radius 1 is 1.60 bits per heavy atom. The van der Waals surface area contributed by atoms with Crippen LogP contribution in [0.5, 0.6) is 0 Å². The fourth-order valence-corrected chi connectivity index (χ4v) is 1.76. The second kappa shape index (κ2) is 5.31. The van der Waals surface area contributed by atoms with Crippen LogP contribution in [-0.2, 0) is 9.59 Å². The first-order valence-corrected chi connectivity index (χ1v) is 5.26. The maximum atomic E-state index is 11.2. The van der Waals surface area contributed by atoms with Crippen LogP contribution in [0.1, 0.15) is 10.4 Å². The number of rotatable bonds is 4. The first kappa shape index (κ1) is 11.5. The van der Waals surface area contributed by atoms with Crippen LogP contribution in [0.3, 0.4) is 0 Å². The minimum atomic E-state index is -0.552. The summed E-state index contributed by atoms with van der Waals surface area (Å²) < 4.78 is 0. The molecule has 4 nitrogen and oxygen atoms in total. The fourth-order valence-electron chi connectivity index (χ4n) is 0.940. The Morgan fingerprint density at radius 3 is 2.87 bits per heavy atom. The molecular formula is C10H12N2O2S. The molecule has 0 aliphatic carbocycles. The molecule has 0 radical (unpaired) electrons. The first-order chi connectivity index (χ1) is 7.09. The number of thiophene rings is 1. The summed E-state index contributed by atoms with van der Waals surface area (Å²) in [5.41, 5.74) is 6.00. The molecule has 0 saturated carbocycles. The number of primary amides is 1. The lowest BCUT2D eigenvalue weighted by molar-refractivity contribution is -0.122. The van der Waals surface area contributed by atoms with E-state index in [-0.39, 0.29) is 12.5 Å². The van der Waals surface area contributed by atoms with Crippen molar-refractivity contribution in [3.05, 3.63) is 28.0 Å². The molecule has 2 amide bonds. The molecule has 0 aliphatic rings. The zero-order valence-electron chi connectivity index (χ0n) is 8.32. The van der Waals surface area contributed by atoms with E-state index in [1.807, 2.05) is 18.4 Å². The van der Waals surface area contributed by atoms with E-state index in [4.69, 9.17) is 5.73 Å². The molecule has 1 aromatic heterocycles. The van der Waals surface area contributed by atoms with Gasteiger partial charge in [-0.3, -0.25) is 9.59 Å². The van der Waals surface area contributed by atoms with Gasteiger partial charge in [-0.1, -0.05) is 0 Å².